The fraction of sp³-hybridized carbons (Fsp3) is 0.500. The number of nitrogens with one attached hydrogen (secondary N) is 1. The minimum Gasteiger partial charge on any atom is -0.370 e. The van der Waals surface area contributed by atoms with Gasteiger partial charge >= 0.3 is 0 Å². The van der Waals surface area contributed by atoms with E-state index in [1.54, 1.807) is 11.3 Å². The molecule has 0 amide bonds. The maximum Gasteiger partial charge on any atom is 0.162 e. The first-order valence-electron chi connectivity index (χ1n) is 7.25. The summed E-state index contributed by atoms with van der Waals surface area (Å²) in [5.74, 6) is 1.84. The normalized spacial score (nSPS) is 10.8. The van der Waals surface area contributed by atoms with Crippen molar-refractivity contribution in [2.24, 2.45) is 0 Å². The summed E-state index contributed by atoms with van der Waals surface area (Å²) < 4.78 is 0. The lowest BCUT2D eigenvalue weighted by Gasteiger charge is -2.13. The molecule has 2 rings (SSSR count). The number of nitrogens with zero attached hydrogens (tertiary/aromatic N) is 2. The number of anilines is 1. The summed E-state index contributed by atoms with van der Waals surface area (Å²) in [7, 11) is 0. The van der Waals surface area contributed by atoms with Gasteiger partial charge in [0.15, 0.2) is 5.82 Å². The number of rotatable bonds is 5. The van der Waals surface area contributed by atoms with E-state index in [9.17, 15) is 0 Å². The van der Waals surface area contributed by atoms with Gasteiger partial charge < -0.3 is 5.32 Å². The zero-order valence-electron chi connectivity index (χ0n) is 13.0. The van der Waals surface area contributed by atoms with E-state index < -0.39 is 0 Å². The molecule has 0 unspecified atom stereocenters. The van der Waals surface area contributed by atoms with Crippen molar-refractivity contribution >= 4 is 17.2 Å². The number of hydrogen-bond donors (Lipinski definition) is 1. The van der Waals surface area contributed by atoms with Crippen LogP contribution < -0.4 is 5.32 Å². The van der Waals surface area contributed by atoms with Crippen LogP contribution in [0.15, 0.2) is 6.07 Å². The van der Waals surface area contributed by atoms with E-state index in [0.717, 1.165) is 36.7 Å². The lowest BCUT2D eigenvalue weighted by Crippen LogP contribution is -2.08. The van der Waals surface area contributed by atoms with E-state index in [0.29, 0.717) is 0 Å². The summed E-state index contributed by atoms with van der Waals surface area (Å²) in [6.07, 6.45) is 2.03. The van der Waals surface area contributed by atoms with Gasteiger partial charge in [-0.25, -0.2) is 9.97 Å². The number of aromatic nitrogens is 2. The Morgan fingerprint density at radius 3 is 2.45 bits per heavy atom. The molecule has 0 aliphatic carbocycles. The monoisotopic (exact) mass is 289 g/mol. The predicted molar refractivity (Wildman–Crippen MR) is 87.7 cm³/mol. The lowest BCUT2D eigenvalue weighted by atomic mass is 10.1. The third-order valence-corrected chi connectivity index (χ3v) is 4.37. The first kappa shape index (κ1) is 15.0. The van der Waals surface area contributed by atoms with Crippen LogP contribution in [-0.2, 0) is 6.42 Å². The second-order valence-corrected chi connectivity index (χ2v) is 6.54. The number of hydrogen-bond acceptors (Lipinski definition) is 4. The van der Waals surface area contributed by atoms with Crippen LogP contribution in [0.25, 0.3) is 11.4 Å². The van der Waals surface area contributed by atoms with Crippen LogP contribution in [0.4, 0.5) is 5.82 Å². The molecule has 0 saturated carbocycles. The number of aryl methyl sites for hydroxylation is 3. The summed E-state index contributed by atoms with van der Waals surface area (Å²) in [4.78, 5) is 12.1. The molecule has 4 heteroatoms. The molecular weight excluding hydrogens is 266 g/mol. The quantitative estimate of drug-likeness (QED) is 0.879. The molecule has 0 bridgehead atoms. The second kappa shape index (κ2) is 6.35. The summed E-state index contributed by atoms with van der Waals surface area (Å²) in [6, 6.07) is 2.19. The van der Waals surface area contributed by atoms with Crippen LogP contribution in [0, 0.1) is 20.8 Å². The summed E-state index contributed by atoms with van der Waals surface area (Å²) >= 11 is 1.81. The largest absolute Gasteiger partial charge is 0.370 e. The molecule has 2 aromatic heterocycles. The molecule has 0 fully saturated rings. The number of thiophene rings is 1. The van der Waals surface area contributed by atoms with E-state index >= 15 is 0 Å². The van der Waals surface area contributed by atoms with Crippen molar-refractivity contribution in [2.45, 2.75) is 47.5 Å². The third kappa shape index (κ3) is 3.01. The van der Waals surface area contributed by atoms with Crippen molar-refractivity contribution in [1.29, 1.82) is 0 Å². The SMILES string of the molecule is CCCNc1nc(-c2cc(C)sc2C)nc(CC)c1C. The molecule has 1 N–H and O–H groups in total. The summed E-state index contributed by atoms with van der Waals surface area (Å²) in [5, 5.41) is 3.43. The highest BCUT2D eigenvalue weighted by Crippen LogP contribution is 2.30. The van der Waals surface area contributed by atoms with Crippen LogP contribution in [-0.4, -0.2) is 16.5 Å². The Balaban J connectivity index is 2.50. The standard InChI is InChI=1S/C16H23N3S/c1-6-8-17-15-11(4)14(7-2)18-16(19-15)13-9-10(3)20-12(13)5/h9H,6-8H2,1-5H3,(H,17,18,19). The molecule has 0 atom stereocenters. The lowest BCUT2D eigenvalue weighted by molar-refractivity contribution is 0.936. The molecule has 0 aliphatic heterocycles. The molecule has 0 aliphatic rings. The fourth-order valence-electron chi connectivity index (χ4n) is 2.30. The zero-order valence-corrected chi connectivity index (χ0v) is 13.8. The summed E-state index contributed by atoms with van der Waals surface area (Å²) in [6.45, 7) is 11.6. The van der Waals surface area contributed by atoms with Crippen LogP contribution in [0.2, 0.25) is 0 Å². The molecule has 0 radical (unpaired) electrons. The van der Waals surface area contributed by atoms with Crippen molar-refractivity contribution in [1.82, 2.24) is 9.97 Å². The van der Waals surface area contributed by atoms with Gasteiger partial charge in [0.25, 0.3) is 0 Å². The first-order valence-corrected chi connectivity index (χ1v) is 8.07. The molecule has 0 saturated heterocycles. The van der Waals surface area contributed by atoms with E-state index in [1.165, 1.54) is 20.9 Å². The van der Waals surface area contributed by atoms with Gasteiger partial charge in [-0.2, -0.15) is 0 Å². The van der Waals surface area contributed by atoms with Crippen molar-refractivity contribution in [3.05, 3.63) is 27.1 Å². The minimum absolute atomic E-state index is 0.855. The summed E-state index contributed by atoms with van der Waals surface area (Å²) in [5.41, 5.74) is 3.48. The van der Waals surface area contributed by atoms with Gasteiger partial charge in [-0.1, -0.05) is 13.8 Å². The van der Waals surface area contributed by atoms with Gasteiger partial charge in [0.2, 0.25) is 0 Å². The molecule has 0 spiro atoms. The molecule has 0 aromatic carbocycles. The molecule has 20 heavy (non-hydrogen) atoms. The van der Waals surface area contributed by atoms with E-state index in [1.807, 2.05) is 0 Å². The van der Waals surface area contributed by atoms with Crippen LogP contribution in [0.1, 0.15) is 41.3 Å². The van der Waals surface area contributed by atoms with E-state index in [4.69, 9.17) is 9.97 Å². The minimum atomic E-state index is 0.855. The van der Waals surface area contributed by atoms with Gasteiger partial charge in [-0.15, -0.1) is 11.3 Å². The molecule has 108 valence electrons. The van der Waals surface area contributed by atoms with Gasteiger partial charge in [0.05, 0.1) is 0 Å². The third-order valence-electron chi connectivity index (χ3n) is 3.41. The Morgan fingerprint density at radius 2 is 1.90 bits per heavy atom. The molecule has 2 heterocycles. The highest BCUT2D eigenvalue weighted by molar-refractivity contribution is 7.12. The Morgan fingerprint density at radius 1 is 1.15 bits per heavy atom. The highest BCUT2D eigenvalue weighted by Gasteiger charge is 2.14. The predicted octanol–water partition coefficient (Wildman–Crippen LogP) is 4.51. The van der Waals surface area contributed by atoms with E-state index in [-0.39, 0.29) is 0 Å². The molecule has 2 aromatic rings. The van der Waals surface area contributed by atoms with Gasteiger partial charge in [-0.05, 0) is 39.7 Å². The molecule has 3 nitrogen and oxygen atoms in total. The van der Waals surface area contributed by atoms with Crippen LogP contribution >= 0.6 is 11.3 Å². The Bertz CT molecular complexity index is 602. The van der Waals surface area contributed by atoms with Crippen LogP contribution in [0.3, 0.4) is 0 Å². The van der Waals surface area contributed by atoms with Crippen molar-refractivity contribution < 1.29 is 0 Å². The van der Waals surface area contributed by atoms with Gasteiger partial charge in [0.1, 0.15) is 5.82 Å². The fourth-order valence-corrected chi connectivity index (χ4v) is 3.22. The maximum absolute atomic E-state index is 4.76. The Kier molecular flexibility index (Phi) is 4.76. The molecular formula is C16H23N3S. The van der Waals surface area contributed by atoms with Gasteiger partial charge in [-0.3, -0.25) is 0 Å². The Labute approximate surface area is 125 Å². The maximum atomic E-state index is 4.76. The highest BCUT2D eigenvalue weighted by atomic mass is 32.1. The van der Waals surface area contributed by atoms with E-state index in [2.05, 4.69) is 46.0 Å². The second-order valence-electron chi connectivity index (χ2n) is 5.07. The van der Waals surface area contributed by atoms with Gasteiger partial charge in [0, 0.05) is 33.1 Å². The first-order chi connectivity index (χ1) is 9.56. The van der Waals surface area contributed by atoms with Crippen molar-refractivity contribution in [3.63, 3.8) is 0 Å². The van der Waals surface area contributed by atoms with Crippen molar-refractivity contribution in [2.75, 3.05) is 11.9 Å². The Hall–Kier alpha value is -1.42. The smallest absolute Gasteiger partial charge is 0.162 e. The van der Waals surface area contributed by atoms with Crippen molar-refractivity contribution in [3.8, 4) is 11.4 Å². The average molecular weight is 289 g/mol. The zero-order chi connectivity index (χ0) is 14.7. The average Bonchev–Trinajstić information content (AvgIpc) is 2.76. The topological polar surface area (TPSA) is 37.8 Å². The van der Waals surface area contributed by atoms with Crippen LogP contribution in [0.5, 0.6) is 0 Å².